The highest BCUT2D eigenvalue weighted by Crippen LogP contribution is 2.28. The number of nitrogens with one attached hydrogen (secondary N) is 3. The normalized spacial score (nSPS) is 10.7. The van der Waals surface area contributed by atoms with Gasteiger partial charge in [0.2, 0.25) is 5.91 Å². The first kappa shape index (κ1) is 23.6. The Morgan fingerprint density at radius 3 is 2.47 bits per heavy atom. The lowest BCUT2D eigenvalue weighted by atomic mass is 10.0. The summed E-state index contributed by atoms with van der Waals surface area (Å²) < 4.78 is 6.28. The van der Waals surface area contributed by atoms with Crippen molar-refractivity contribution >= 4 is 51.2 Å². The maximum Gasteiger partial charge on any atom is 0.276 e. The van der Waals surface area contributed by atoms with Crippen LogP contribution in [-0.4, -0.2) is 23.5 Å². The average molecular weight is 490 g/mol. The Hall–Kier alpha value is -2.71. The van der Waals surface area contributed by atoms with Crippen LogP contribution in [-0.2, 0) is 9.59 Å². The van der Waals surface area contributed by atoms with Crippen LogP contribution in [0.3, 0.4) is 0 Å². The van der Waals surface area contributed by atoms with Crippen LogP contribution < -0.4 is 20.9 Å². The summed E-state index contributed by atoms with van der Waals surface area (Å²) in [6.45, 7) is 5.98. The van der Waals surface area contributed by atoms with Crippen molar-refractivity contribution in [2.45, 2.75) is 26.7 Å². The molecule has 0 saturated heterocycles. The van der Waals surface area contributed by atoms with Crippen molar-refractivity contribution < 1.29 is 14.3 Å². The fraction of sp³-hybridized carbons (Fsp3) is 0.227. The van der Waals surface area contributed by atoms with E-state index in [-0.39, 0.29) is 11.7 Å². The molecule has 2 amide bonds. The van der Waals surface area contributed by atoms with Crippen LogP contribution >= 0.6 is 28.1 Å². The smallest absolute Gasteiger partial charge is 0.276 e. The van der Waals surface area contributed by atoms with Crippen LogP contribution in [0, 0.1) is 6.92 Å². The molecule has 0 aliphatic heterocycles. The van der Waals surface area contributed by atoms with Gasteiger partial charge in [0, 0.05) is 6.08 Å². The molecule has 6 nitrogen and oxygen atoms in total. The average Bonchev–Trinajstić information content (AvgIpc) is 2.70. The van der Waals surface area contributed by atoms with Crippen LogP contribution in [0.1, 0.15) is 36.5 Å². The van der Waals surface area contributed by atoms with Crippen molar-refractivity contribution in [3.8, 4) is 5.75 Å². The lowest BCUT2D eigenvalue weighted by Gasteiger charge is -2.12. The molecule has 2 aromatic carbocycles. The van der Waals surface area contributed by atoms with Gasteiger partial charge in [-0.1, -0.05) is 49.7 Å². The maximum atomic E-state index is 11.9. The fourth-order valence-electron chi connectivity index (χ4n) is 2.33. The van der Waals surface area contributed by atoms with E-state index in [1.165, 1.54) is 6.08 Å². The molecule has 2 rings (SSSR count). The Morgan fingerprint density at radius 1 is 1.13 bits per heavy atom. The van der Waals surface area contributed by atoms with Gasteiger partial charge >= 0.3 is 0 Å². The van der Waals surface area contributed by atoms with Crippen LogP contribution in [0.5, 0.6) is 5.75 Å². The van der Waals surface area contributed by atoms with E-state index in [4.69, 9.17) is 17.0 Å². The molecule has 0 bridgehead atoms. The van der Waals surface area contributed by atoms with Gasteiger partial charge in [-0.15, -0.1) is 0 Å². The van der Waals surface area contributed by atoms with E-state index < -0.39 is 11.8 Å². The largest absolute Gasteiger partial charge is 0.483 e. The molecule has 30 heavy (non-hydrogen) atoms. The third-order valence-corrected chi connectivity index (χ3v) is 4.86. The molecule has 0 unspecified atom stereocenters. The number of hydrogen-bond acceptors (Lipinski definition) is 4. The van der Waals surface area contributed by atoms with Crippen molar-refractivity contribution in [3.05, 3.63) is 69.7 Å². The zero-order valence-electron chi connectivity index (χ0n) is 17.0. The molecule has 0 radical (unpaired) electrons. The molecule has 0 aliphatic carbocycles. The highest BCUT2D eigenvalue weighted by atomic mass is 79.9. The first-order valence-corrected chi connectivity index (χ1v) is 10.5. The van der Waals surface area contributed by atoms with Crippen LogP contribution in [0.4, 0.5) is 0 Å². The molecule has 0 aliphatic rings. The Morgan fingerprint density at radius 2 is 1.83 bits per heavy atom. The molecule has 0 spiro atoms. The Kier molecular flexibility index (Phi) is 9.01. The number of carbonyl (C=O) groups excluding carboxylic acids is 2. The Bertz CT molecular complexity index is 943. The first-order chi connectivity index (χ1) is 14.2. The van der Waals surface area contributed by atoms with Crippen LogP contribution in [0.2, 0.25) is 0 Å². The van der Waals surface area contributed by atoms with Gasteiger partial charge in [-0.05, 0) is 70.3 Å². The second-order valence-corrected chi connectivity index (χ2v) is 8.13. The van der Waals surface area contributed by atoms with Gasteiger partial charge in [-0.3, -0.25) is 25.8 Å². The van der Waals surface area contributed by atoms with E-state index >= 15 is 0 Å². The maximum absolute atomic E-state index is 11.9. The number of aryl methyl sites for hydroxylation is 1. The quantitative estimate of drug-likeness (QED) is 0.324. The van der Waals surface area contributed by atoms with Gasteiger partial charge in [0.15, 0.2) is 11.7 Å². The monoisotopic (exact) mass is 489 g/mol. The third kappa shape index (κ3) is 7.96. The lowest BCUT2D eigenvalue weighted by Crippen LogP contribution is -2.49. The number of amides is 2. The number of rotatable bonds is 6. The van der Waals surface area contributed by atoms with E-state index in [1.807, 2.05) is 49.4 Å². The summed E-state index contributed by atoms with van der Waals surface area (Å²) in [5, 5.41) is 2.42. The summed E-state index contributed by atoms with van der Waals surface area (Å²) >= 11 is 8.44. The van der Waals surface area contributed by atoms with Crippen molar-refractivity contribution in [1.29, 1.82) is 0 Å². The molecule has 0 fully saturated rings. The van der Waals surface area contributed by atoms with Gasteiger partial charge in [0.1, 0.15) is 5.75 Å². The Balaban J connectivity index is 1.73. The summed E-state index contributed by atoms with van der Waals surface area (Å²) in [5.74, 6) is 0.104. The minimum atomic E-state index is -0.443. The highest BCUT2D eigenvalue weighted by molar-refractivity contribution is 9.10. The second kappa shape index (κ2) is 11.5. The van der Waals surface area contributed by atoms with Gasteiger partial charge in [0.05, 0.1) is 4.47 Å². The summed E-state index contributed by atoms with van der Waals surface area (Å²) in [5.41, 5.74) is 8.05. The summed E-state index contributed by atoms with van der Waals surface area (Å²) in [7, 11) is 0. The molecule has 3 N–H and O–H groups in total. The van der Waals surface area contributed by atoms with E-state index in [2.05, 4.69) is 45.9 Å². The SMILES string of the molecule is Cc1ccc(/C=C/C(=O)NC(=S)NNC(=O)COc2ccc(C(C)C)cc2Br)cc1. The number of hydrazine groups is 1. The molecule has 0 atom stereocenters. The fourth-order valence-corrected chi connectivity index (χ4v) is 3.00. The molecule has 158 valence electrons. The van der Waals surface area contributed by atoms with E-state index in [0.29, 0.717) is 11.7 Å². The standard InChI is InChI=1S/C22H24BrN3O3S/c1-14(2)17-9-10-19(18(23)12-17)29-13-21(28)25-26-22(30)24-20(27)11-8-16-6-4-15(3)5-7-16/h4-12,14H,13H2,1-3H3,(H,25,28)(H2,24,26,27,30)/b11-8+. The minimum absolute atomic E-state index is 0.0237. The van der Waals surface area contributed by atoms with Gasteiger partial charge < -0.3 is 4.74 Å². The molecule has 2 aromatic rings. The van der Waals surface area contributed by atoms with Crippen LogP contribution in [0.15, 0.2) is 53.0 Å². The lowest BCUT2D eigenvalue weighted by molar-refractivity contribution is -0.123. The molecular formula is C22H24BrN3O3S. The van der Waals surface area contributed by atoms with Crippen molar-refractivity contribution in [3.63, 3.8) is 0 Å². The number of ether oxygens (including phenoxy) is 1. The summed E-state index contributed by atoms with van der Waals surface area (Å²) in [4.78, 5) is 23.8. The van der Waals surface area contributed by atoms with Gasteiger partial charge in [-0.2, -0.15) is 0 Å². The molecule has 0 saturated carbocycles. The zero-order valence-corrected chi connectivity index (χ0v) is 19.4. The number of carbonyl (C=O) groups is 2. The van der Waals surface area contributed by atoms with Gasteiger partial charge in [-0.25, -0.2) is 0 Å². The predicted molar refractivity (Wildman–Crippen MR) is 126 cm³/mol. The molecule has 0 aromatic heterocycles. The number of halogens is 1. The van der Waals surface area contributed by atoms with E-state index in [0.717, 1.165) is 21.2 Å². The predicted octanol–water partition coefficient (Wildman–Crippen LogP) is 4.00. The van der Waals surface area contributed by atoms with E-state index in [9.17, 15) is 9.59 Å². The topological polar surface area (TPSA) is 79.5 Å². The highest BCUT2D eigenvalue weighted by Gasteiger charge is 2.09. The summed E-state index contributed by atoms with van der Waals surface area (Å²) in [6, 6.07) is 13.5. The first-order valence-electron chi connectivity index (χ1n) is 9.31. The molecule has 8 heteroatoms. The third-order valence-electron chi connectivity index (χ3n) is 4.04. The summed E-state index contributed by atoms with van der Waals surface area (Å²) in [6.07, 6.45) is 3.04. The molecular weight excluding hydrogens is 466 g/mol. The zero-order chi connectivity index (χ0) is 22.1. The second-order valence-electron chi connectivity index (χ2n) is 6.87. The number of hydrogen-bond donors (Lipinski definition) is 3. The number of thiocarbonyl (C=S) groups is 1. The van der Waals surface area contributed by atoms with Crippen LogP contribution in [0.25, 0.3) is 6.08 Å². The van der Waals surface area contributed by atoms with E-state index in [1.54, 1.807) is 6.08 Å². The molecule has 0 heterocycles. The van der Waals surface area contributed by atoms with Crippen molar-refractivity contribution in [1.82, 2.24) is 16.2 Å². The Labute approximate surface area is 190 Å². The number of benzene rings is 2. The van der Waals surface area contributed by atoms with Gasteiger partial charge in [0.25, 0.3) is 5.91 Å². The minimum Gasteiger partial charge on any atom is -0.483 e. The van der Waals surface area contributed by atoms with Crippen molar-refractivity contribution in [2.75, 3.05) is 6.61 Å². The van der Waals surface area contributed by atoms with Crippen molar-refractivity contribution in [2.24, 2.45) is 0 Å².